The van der Waals surface area contributed by atoms with Crippen LogP contribution in [0.2, 0.25) is 0 Å². The van der Waals surface area contributed by atoms with Crippen LogP contribution in [0.5, 0.6) is 0 Å². The molecule has 0 N–H and O–H groups in total. The smallest absolute Gasteiger partial charge is 0.214 e. The summed E-state index contributed by atoms with van der Waals surface area (Å²) >= 11 is 0. The molecule has 0 unspecified atom stereocenters. The Balaban J connectivity index is 2.48. The van der Waals surface area contributed by atoms with Crippen molar-refractivity contribution in [2.75, 3.05) is 7.05 Å². The van der Waals surface area contributed by atoms with E-state index in [1.54, 1.807) is 0 Å². The van der Waals surface area contributed by atoms with Gasteiger partial charge >= 0.3 is 6.30 Å². The molecule has 4 heteroatoms. The molecule has 1 rings (SSSR count). The number of rotatable bonds is 1. The van der Waals surface area contributed by atoms with Crippen LogP contribution in [0.3, 0.4) is 0 Å². The molecular formula is C9H16F3N. The van der Waals surface area contributed by atoms with Gasteiger partial charge in [0.1, 0.15) is 0 Å². The van der Waals surface area contributed by atoms with Crippen molar-refractivity contribution in [3.63, 3.8) is 0 Å². The summed E-state index contributed by atoms with van der Waals surface area (Å²) < 4.78 is 36.9. The molecule has 0 spiro atoms. The Morgan fingerprint density at radius 3 is 1.85 bits per heavy atom. The van der Waals surface area contributed by atoms with Crippen molar-refractivity contribution >= 4 is 0 Å². The van der Waals surface area contributed by atoms with Crippen molar-refractivity contribution in [2.24, 2.45) is 0 Å². The van der Waals surface area contributed by atoms with Crippen molar-refractivity contribution in [2.45, 2.75) is 50.9 Å². The monoisotopic (exact) mass is 195 g/mol. The van der Waals surface area contributed by atoms with Gasteiger partial charge in [-0.2, -0.15) is 13.2 Å². The van der Waals surface area contributed by atoms with E-state index in [4.69, 9.17) is 0 Å². The molecule has 1 aliphatic rings. The first-order valence-corrected chi connectivity index (χ1v) is 4.81. The van der Waals surface area contributed by atoms with E-state index in [-0.39, 0.29) is 6.04 Å². The van der Waals surface area contributed by atoms with Gasteiger partial charge in [-0.25, -0.2) is 4.90 Å². The first-order valence-electron chi connectivity index (χ1n) is 4.81. The molecule has 0 aromatic rings. The van der Waals surface area contributed by atoms with Gasteiger partial charge < -0.3 is 0 Å². The van der Waals surface area contributed by atoms with E-state index < -0.39 is 6.30 Å². The summed E-state index contributed by atoms with van der Waals surface area (Å²) in [5.41, 5.74) is 0. The second-order valence-electron chi connectivity index (χ2n) is 3.72. The second kappa shape index (κ2) is 4.31. The highest BCUT2D eigenvalue weighted by Crippen LogP contribution is 2.28. The summed E-state index contributed by atoms with van der Waals surface area (Å²) in [6.45, 7) is 0. The van der Waals surface area contributed by atoms with Gasteiger partial charge in [0.05, 0.1) is 0 Å². The predicted molar refractivity (Wildman–Crippen MR) is 45.3 cm³/mol. The fourth-order valence-electron chi connectivity index (χ4n) is 1.85. The van der Waals surface area contributed by atoms with Crippen LogP contribution >= 0.6 is 0 Å². The molecule has 1 saturated carbocycles. The summed E-state index contributed by atoms with van der Waals surface area (Å²) in [4.78, 5) is 0.568. The van der Waals surface area contributed by atoms with Crippen LogP contribution in [-0.4, -0.2) is 24.3 Å². The topological polar surface area (TPSA) is 3.24 Å². The van der Waals surface area contributed by atoms with Gasteiger partial charge in [-0.15, -0.1) is 0 Å². The SMILES string of the molecule is CN(C1CCCCCC1)C(F)(F)F. The molecule has 0 aliphatic heterocycles. The van der Waals surface area contributed by atoms with Crippen LogP contribution in [0, 0.1) is 0 Å². The third-order valence-electron chi connectivity index (χ3n) is 2.77. The largest absolute Gasteiger partial charge is 0.459 e. The van der Waals surface area contributed by atoms with Crippen molar-refractivity contribution in [3.05, 3.63) is 0 Å². The van der Waals surface area contributed by atoms with Gasteiger partial charge in [0.25, 0.3) is 0 Å². The van der Waals surface area contributed by atoms with Gasteiger partial charge in [-0.3, -0.25) is 0 Å². The van der Waals surface area contributed by atoms with E-state index in [1.165, 1.54) is 0 Å². The molecular weight excluding hydrogens is 179 g/mol. The average molecular weight is 195 g/mol. The molecule has 0 atom stereocenters. The van der Waals surface area contributed by atoms with Crippen LogP contribution in [0.4, 0.5) is 13.2 Å². The van der Waals surface area contributed by atoms with E-state index in [1.807, 2.05) is 0 Å². The fraction of sp³-hybridized carbons (Fsp3) is 1.00. The van der Waals surface area contributed by atoms with Crippen LogP contribution in [-0.2, 0) is 0 Å². The minimum atomic E-state index is -4.16. The normalized spacial score (nSPS) is 21.9. The lowest BCUT2D eigenvalue weighted by Gasteiger charge is -2.28. The molecule has 0 amide bonds. The van der Waals surface area contributed by atoms with E-state index in [0.717, 1.165) is 32.7 Å². The van der Waals surface area contributed by atoms with Gasteiger partial charge in [0.2, 0.25) is 0 Å². The standard InChI is InChI=1S/C9H16F3N/c1-13(9(10,11)12)8-6-4-2-3-5-7-8/h8H,2-7H2,1H3. The minimum absolute atomic E-state index is 0.289. The second-order valence-corrected chi connectivity index (χ2v) is 3.72. The predicted octanol–water partition coefficient (Wildman–Crippen LogP) is 3.16. The number of hydrogen-bond donors (Lipinski definition) is 0. The van der Waals surface area contributed by atoms with E-state index in [9.17, 15) is 13.2 Å². The van der Waals surface area contributed by atoms with Crippen molar-refractivity contribution < 1.29 is 13.2 Å². The maximum absolute atomic E-state index is 12.3. The minimum Gasteiger partial charge on any atom is -0.214 e. The van der Waals surface area contributed by atoms with E-state index in [2.05, 4.69) is 0 Å². The van der Waals surface area contributed by atoms with E-state index in [0.29, 0.717) is 17.7 Å². The van der Waals surface area contributed by atoms with E-state index >= 15 is 0 Å². The third-order valence-corrected chi connectivity index (χ3v) is 2.77. The Labute approximate surface area is 76.9 Å². The maximum atomic E-state index is 12.3. The quantitative estimate of drug-likeness (QED) is 0.459. The highest BCUT2D eigenvalue weighted by Gasteiger charge is 2.38. The first-order chi connectivity index (χ1) is 6.02. The van der Waals surface area contributed by atoms with Gasteiger partial charge in [0.15, 0.2) is 0 Å². The van der Waals surface area contributed by atoms with Gasteiger partial charge in [-0.1, -0.05) is 25.7 Å². The van der Waals surface area contributed by atoms with Crippen LogP contribution in [0.25, 0.3) is 0 Å². The summed E-state index contributed by atoms with van der Waals surface area (Å²) in [6, 6.07) is -0.289. The first kappa shape index (κ1) is 10.8. The Hall–Kier alpha value is -0.250. The fourth-order valence-corrected chi connectivity index (χ4v) is 1.85. The van der Waals surface area contributed by atoms with Gasteiger partial charge in [-0.05, 0) is 19.9 Å². The number of nitrogens with zero attached hydrogens (tertiary/aromatic N) is 1. The van der Waals surface area contributed by atoms with Crippen molar-refractivity contribution in [3.8, 4) is 0 Å². The summed E-state index contributed by atoms with van der Waals surface area (Å²) in [6.07, 6.45) is 1.27. The Morgan fingerprint density at radius 2 is 1.46 bits per heavy atom. The number of alkyl halides is 3. The molecule has 13 heavy (non-hydrogen) atoms. The zero-order valence-electron chi connectivity index (χ0n) is 7.90. The Morgan fingerprint density at radius 1 is 1.00 bits per heavy atom. The molecule has 0 radical (unpaired) electrons. The van der Waals surface area contributed by atoms with Crippen molar-refractivity contribution in [1.29, 1.82) is 0 Å². The molecule has 78 valence electrons. The highest BCUT2D eigenvalue weighted by atomic mass is 19.4. The molecule has 1 fully saturated rings. The lowest BCUT2D eigenvalue weighted by molar-refractivity contribution is -0.250. The Bertz CT molecular complexity index is 147. The molecule has 0 aromatic heterocycles. The Kier molecular flexibility index (Phi) is 3.59. The zero-order chi connectivity index (χ0) is 9.90. The summed E-state index contributed by atoms with van der Waals surface area (Å²) in [7, 11) is 1.16. The summed E-state index contributed by atoms with van der Waals surface area (Å²) in [5, 5.41) is 0. The van der Waals surface area contributed by atoms with Crippen LogP contribution in [0.1, 0.15) is 38.5 Å². The third kappa shape index (κ3) is 3.18. The number of halogens is 3. The average Bonchev–Trinajstić information content (AvgIpc) is 2.28. The van der Waals surface area contributed by atoms with Gasteiger partial charge in [0, 0.05) is 6.04 Å². The zero-order valence-corrected chi connectivity index (χ0v) is 7.90. The molecule has 1 nitrogen and oxygen atoms in total. The molecule has 1 aliphatic carbocycles. The lowest BCUT2D eigenvalue weighted by Crippen LogP contribution is -2.42. The lowest BCUT2D eigenvalue weighted by atomic mass is 10.1. The van der Waals surface area contributed by atoms with Crippen molar-refractivity contribution in [1.82, 2.24) is 4.90 Å². The number of hydrogen-bond acceptors (Lipinski definition) is 1. The van der Waals surface area contributed by atoms with Crippen LogP contribution in [0.15, 0.2) is 0 Å². The maximum Gasteiger partial charge on any atom is 0.459 e. The molecule has 0 bridgehead atoms. The highest BCUT2D eigenvalue weighted by molar-refractivity contribution is 4.73. The van der Waals surface area contributed by atoms with Crippen LogP contribution < -0.4 is 0 Å². The molecule has 0 aromatic carbocycles. The summed E-state index contributed by atoms with van der Waals surface area (Å²) in [5.74, 6) is 0. The molecule has 0 saturated heterocycles. The molecule has 0 heterocycles.